The first-order chi connectivity index (χ1) is 17.9. The minimum absolute atomic E-state index is 0.170. The van der Waals surface area contributed by atoms with Gasteiger partial charge in [0.1, 0.15) is 12.2 Å². The van der Waals surface area contributed by atoms with Crippen LogP contribution in [-0.4, -0.2) is 29.9 Å². The molecule has 6 nitrogen and oxygen atoms in total. The monoisotopic (exact) mass is 510 g/mol. The summed E-state index contributed by atoms with van der Waals surface area (Å²) in [6.07, 6.45) is -2.18. The van der Waals surface area contributed by atoms with E-state index < -0.39 is 43.5 Å². The van der Waals surface area contributed by atoms with E-state index in [1.54, 1.807) is 97.1 Å². The zero-order valence-electron chi connectivity index (χ0n) is 19.6. The average Bonchev–Trinajstić information content (AvgIpc) is 3.88. The van der Waals surface area contributed by atoms with Gasteiger partial charge in [-0.15, -0.1) is 0 Å². The van der Waals surface area contributed by atoms with Crippen LogP contribution in [0.1, 0.15) is 44.1 Å². The third-order valence-corrected chi connectivity index (χ3v) is 9.46. The van der Waals surface area contributed by atoms with Crippen LogP contribution >= 0.6 is 0 Å². The maximum atomic E-state index is 14.7. The fraction of sp³-hybridized carbons (Fsp3) is 0.133. The predicted octanol–water partition coefficient (Wildman–Crippen LogP) is 5.10. The van der Waals surface area contributed by atoms with Crippen LogP contribution in [0.4, 0.5) is 0 Å². The maximum Gasteiger partial charge on any atom is 0.267 e. The molecule has 4 aromatic rings. The van der Waals surface area contributed by atoms with Crippen molar-refractivity contribution in [3.05, 3.63) is 144 Å². The molecule has 0 aliphatic carbocycles. The number of hydrogen-bond acceptors (Lipinski definition) is 6. The van der Waals surface area contributed by atoms with Crippen molar-refractivity contribution in [1.29, 1.82) is 0 Å². The first-order valence-corrected chi connectivity index (χ1v) is 13.3. The van der Waals surface area contributed by atoms with Crippen LogP contribution in [0.3, 0.4) is 0 Å². The SMILES string of the molecule is O=C(c1ccccc1)[C@@]1(S(=O)(=O)[C@]2(C(=O)c3ccccc3)O[C@H]2c2ccccc2)O[C@H]1c1ccccc1. The highest BCUT2D eigenvalue weighted by Gasteiger charge is 2.85. The molecule has 7 heteroatoms. The van der Waals surface area contributed by atoms with Crippen LogP contribution in [-0.2, 0) is 19.3 Å². The number of carbonyl (C=O) groups excluding carboxylic acids is 2. The normalized spacial score (nSPS) is 26.3. The maximum absolute atomic E-state index is 14.7. The lowest BCUT2D eigenvalue weighted by Gasteiger charge is -2.20. The Bertz CT molecular complexity index is 1460. The third kappa shape index (κ3) is 3.43. The molecule has 2 aliphatic rings. The minimum atomic E-state index is -4.75. The number of rotatable bonds is 8. The average molecular weight is 511 g/mol. The first-order valence-electron chi connectivity index (χ1n) is 11.8. The quantitative estimate of drug-likeness (QED) is 0.242. The van der Waals surface area contributed by atoms with Gasteiger partial charge in [-0.05, 0) is 11.1 Å². The van der Waals surface area contributed by atoms with Crippen molar-refractivity contribution >= 4 is 21.4 Å². The molecule has 4 aromatic carbocycles. The van der Waals surface area contributed by atoms with Crippen molar-refractivity contribution in [2.24, 2.45) is 0 Å². The van der Waals surface area contributed by atoms with Crippen LogP contribution in [0.5, 0.6) is 0 Å². The third-order valence-electron chi connectivity index (χ3n) is 6.87. The Morgan fingerprint density at radius 3 is 1.14 bits per heavy atom. The molecule has 0 spiro atoms. The molecule has 0 radical (unpaired) electrons. The topological polar surface area (TPSA) is 93.3 Å². The first kappa shape index (κ1) is 23.5. The zero-order valence-corrected chi connectivity index (χ0v) is 20.4. The number of ketones is 2. The van der Waals surface area contributed by atoms with Gasteiger partial charge in [-0.3, -0.25) is 9.59 Å². The number of benzene rings is 4. The lowest BCUT2D eigenvalue weighted by atomic mass is 10.0. The van der Waals surface area contributed by atoms with E-state index in [-0.39, 0.29) is 11.1 Å². The second-order valence-corrected chi connectivity index (χ2v) is 11.3. The molecule has 2 heterocycles. The van der Waals surface area contributed by atoms with Crippen molar-refractivity contribution in [2.75, 3.05) is 0 Å². The highest BCUT2D eigenvalue weighted by atomic mass is 32.2. The predicted molar refractivity (Wildman–Crippen MR) is 136 cm³/mol. The van der Waals surface area contributed by atoms with Gasteiger partial charge in [0.25, 0.3) is 9.87 Å². The van der Waals surface area contributed by atoms with Gasteiger partial charge in [-0.1, -0.05) is 121 Å². The summed E-state index contributed by atoms with van der Waals surface area (Å²) in [5, 5.41) is 0. The van der Waals surface area contributed by atoms with E-state index in [0.29, 0.717) is 11.1 Å². The second-order valence-electron chi connectivity index (χ2n) is 9.05. The largest absolute Gasteiger partial charge is 0.337 e. The summed E-state index contributed by atoms with van der Waals surface area (Å²) < 4.78 is 41.2. The van der Waals surface area contributed by atoms with Crippen LogP contribution in [0.25, 0.3) is 0 Å². The number of Topliss-reactive ketones (excluding diaryl/α,β-unsaturated/α-hetero) is 2. The van der Waals surface area contributed by atoms with Crippen LogP contribution < -0.4 is 0 Å². The molecule has 0 amide bonds. The van der Waals surface area contributed by atoms with Gasteiger partial charge in [0.05, 0.1) is 0 Å². The highest BCUT2D eigenvalue weighted by molar-refractivity contribution is 7.96. The van der Waals surface area contributed by atoms with E-state index in [0.717, 1.165) is 0 Å². The molecular formula is C30H22O6S. The Balaban J connectivity index is 1.54. The lowest BCUT2D eigenvalue weighted by Crippen LogP contribution is -2.48. The molecule has 37 heavy (non-hydrogen) atoms. The molecule has 0 saturated carbocycles. The molecule has 4 atom stereocenters. The van der Waals surface area contributed by atoms with Crippen molar-refractivity contribution in [3.8, 4) is 0 Å². The summed E-state index contributed by atoms with van der Waals surface area (Å²) in [6, 6.07) is 33.6. The number of sulfone groups is 1. The molecule has 2 aliphatic heterocycles. The molecule has 0 unspecified atom stereocenters. The van der Waals surface area contributed by atoms with E-state index in [4.69, 9.17) is 9.47 Å². The van der Waals surface area contributed by atoms with Gasteiger partial charge in [-0.2, -0.15) is 0 Å². The second kappa shape index (κ2) is 8.59. The van der Waals surface area contributed by atoms with Crippen molar-refractivity contribution in [2.45, 2.75) is 22.1 Å². The number of carbonyl (C=O) groups is 2. The summed E-state index contributed by atoms with van der Waals surface area (Å²) in [7, 11) is -4.75. The smallest absolute Gasteiger partial charge is 0.267 e. The molecule has 0 bridgehead atoms. The van der Waals surface area contributed by atoms with Crippen molar-refractivity contribution in [1.82, 2.24) is 0 Å². The molecule has 0 N–H and O–H groups in total. The van der Waals surface area contributed by atoms with Gasteiger partial charge in [0, 0.05) is 11.1 Å². The summed E-state index contributed by atoms with van der Waals surface area (Å²) in [5.74, 6) is -1.46. The highest BCUT2D eigenvalue weighted by Crippen LogP contribution is 2.66. The van der Waals surface area contributed by atoms with E-state index in [1.807, 2.05) is 0 Å². The lowest BCUT2D eigenvalue weighted by molar-refractivity contribution is 0.0910. The Kier molecular flexibility index (Phi) is 5.45. The summed E-state index contributed by atoms with van der Waals surface area (Å²) in [4.78, 5) is 23.3. The van der Waals surface area contributed by atoms with Gasteiger partial charge in [0.15, 0.2) is 0 Å². The minimum Gasteiger partial charge on any atom is -0.337 e. The molecule has 184 valence electrons. The standard InChI is InChI=1S/C30H22O6S/c31-25(21-13-5-1-6-14-21)29(27(35-29)23-17-9-3-10-18-23)37(33,34)30(26(32)22-15-7-2-8-16-22)28(36-30)24-19-11-4-12-20-24/h1-20,27-28H/t27-,28-,29-,30-/m0/s1. The molecular weight excluding hydrogens is 488 g/mol. The van der Waals surface area contributed by atoms with E-state index in [2.05, 4.69) is 0 Å². The van der Waals surface area contributed by atoms with E-state index in [9.17, 15) is 18.0 Å². The van der Waals surface area contributed by atoms with Crippen LogP contribution in [0, 0.1) is 0 Å². The van der Waals surface area contributed by atoms with Gasteiger partial charge in [-0.25, -0.2) is 8.42 Å². The summed E-state index contributed by atoms with van der Waals surface area (Å²) >= 11 is 0. The Morgan fingerprint density at radius 2 is 0.811 bits per heavy atom. The molecule has 2 saturated heterocycles. The van der Waals surface area contributed by atoms with E-state index >= 15 is 0 Å². The summed E-state index contributed by atoms with van der Waals surface area (Å²) in [5.41, 5.74) is 1.39. The van der Waals surface area contributed by atoms with Crippen molar-refractivity contribution in [3.63, 3.8) is 0 Å². The number of ether oxygens (including phenoxy) is 2. The molecule has 6 rings (SSSR count). The fourth-order valence-electron chi connectivity index (χ4n) is 4.92. The number of hydrogen-bond donors (Lipinski definition) is 0. The zero-order chi connectivity index (χ0) is 25.7. The number of epoxide rings is 2. The van der Waals surface area contributed by atoms with Gasteiger partial charge >= 0.3 is 0 Å². The summed E-state index contributed by atoms with van der Waals surface area (Å²) in [6.45, 7) is 0. The van der Waals surface area contributed by atoms with Gasteiger partial charge < -0.3 is 9.47 Å². The fourth-order valence-corrected chi connectivity index (χ4v) is 7.37. The Hall–Kier alpha value is -3.91. The molecule has 2 fully saturated rings. The van der Waals surface area contributed by atoms with Gasteiger partial charge in [0.2, 0.25) is 21.4 Å². The Morgan fingerprint density at radius 1 is 0.514 bits per heavy atom. The molecule has 0 aromatic heterocycles. The van der Waals surface area contributed by atoms with E-state index in [1.165, 1.54) is 24.3 Å². The van der Waals surface area contributed by atoms with Crippen LogP contribution in [0.2, 0.25) is 0 Å². The Labute approximate surface area is 214 Å². The van der Waals surface area contributed by atoms with Crippen LogP contribution in [0.15, 0.2) is 121 Å². The van der Waals surface area contributed by atoms with Crippen molar-refractivity contribution < 1.29 is 27.5 Å².